The standard InChI is InChI=1S/C25H33N3O3/c1-19(2)25(29)26-16-8-4-5-11-24-27-22-9-6-7-10-23(22)28(24)17-18-31-21-14-12-20(30-3)13-15-21/h6-7,9-10,12-15,19H,4-5,8,11,16-18H2,1-3H3,(H,26,29). The predicted octanol–water partition coefficient (Wildman–Crippen LogP) is 4.61. The first-order valence-electron chi connectivity index (χ1n) is 11.1. The van der Waals surface area contributed by atoms with Crippen molar-refractivity contribution in [3.63, 3.8) is 0 Å². The Balaban J connectivity index is 1.53. The van der Waals surface area contributed by atoms with Crippen molar-refractivity contribution in [1.29, 1.82) is 0 Å². The maximum Gasteiger partial charge on any atom is 0.222 e. The van der Waals surface area contributed by atoms with Crippen LogP contribution in [0.25, 0.3) is 11.0 Å². The number of benzene rings is 2. The molecule has 1 heterocycles. The van der Waals surface area contributed by atoms with Gasteiger partial charge in [0.2, 0.25) is 5.91 Å². The van der Waals surface area contributed by atoms with Crippen LogP contribution in [0, 0.1) is 5.92 Å². The van der Waals surface area contributed by atoms with E-state index in [2.05, 4.69) is 22.0 Å². The molecule has 0 aliphatic heterocycles. The van der Waals surface area contributed by atoms with Crippen molar-refractivity contribution in [2.75, 3.05) is 20.3 Å². The summed E-state index contributed by atoms with van der Waals surface area (Å²) in [7, 11) is 1.66. The van der Waals surface area contributed by atoms with E-state index in [0.29, 0.717) is 6.61 Å². The molecule has 0 bridgehead atoms. The van der Waals surface area contributed by atoms with Gasteiger partial charge in [0.15, 0.2) is 0 Å². The summed E-state index contributed by atoms with van der Waals surface area (Å²) in [6.45, 7) is 5.88. The number of nitrogens with zero attached hydrogens (tertiary/aromatic N) is 2. The molecule has 0 spiro atoms. The molecule has 1 aromatic heterocycles. The number of hydrogen-bond donors (Lipinski definition) is 1. The maximum atomic E-state index is 11.6. The topological polar surface area (TPSA) is 65.4 Å². The molecular formula is C25H33N3O3. The van der Waals surface area contributed by atoms with E-state index < -0.39 is 0 Å². The Morgan fingerprint density at radius 1 is 1.03 bits per heavy atom. The molecule has 0 unspecified atom stereocenters. The van der Waals surface area contributed by atoms with Gasteiger partial charge in [-0.3, -0.25) is 4.79 Å². The number of carbonyl (C=O) groups is 1. The van der Waals surface area contributed by atoms with Gasteiger partial charge in [-0.2, -0.15) is 0 Å². The van der Waals surface area contributed by atoms with Crippen LogP contribution in [-0.2, 0) is 17.8 Å². The number of methoxy groups -OCH3 is 1. The third-order valence-corrected chi connectivity index (χ3v) is 5.28. The van der Waals surface area contributed by atoms with Gasteiger partial charge < -0.3 is 19.4 Å². The van der Waals surface area contributed by atoms with Crippen molar-refractivity contribution in [3.05, 3.63) is 54.4 Å². The number of rotatable bonds is 12. The molecule has 3 aromatic rings. The predicted molar refractivity (Wildman–Crippen MR) is 124 cm³/mol. The molecule has 0 aliphatic carbocycles. The molecule has 1 amide bonds. The average Bonchev–Trinajstić information content (AvgIpc) is 3.13. The number of amides is 1. The molecule has 2 aromatic carbocycles. The largest absolute Gasteiger partial charge is 0.497 e. The molecular weight excluding hydrogens is 390 g/mol. The average molecular weight is 424 g/mol. The minimum Gasteiger partial charge on any atom is -0.497 e. The van der Waals surface area contributed by atoms with Gasteiger partial charge in [0.05, 0.1) is 24.7 Å². The number of ether oxygens (including phenoxy) is 2. The van der Waals surface area contributed by atoms with Crippen LogP contribution in [0.5, 0.6) is 11.5 Å². The highest BCUT2D eigenvalue weighted by atomic mass is 16.5. The van der Waals surface area contributed by atoms with Crippen molar-refractivity contribution < 1.29 is 14.3 Å². The van der Waals surface area contributed by atoms with Gasteiger partial charge in [0.1, 0.15) is 23.9 Å². The molecule has 31 heavy (non-hydrogen) atoms. The quantitative estimate of drug-likeness (QED) is 0.432. The Morgan fingerprint density at radius 3 is 2.52 bits per heavy atom. The molecule has 6 heteroatoms. The summed E-state index contributed by atoms with van der Waals surface area (Å²) in [5, 5.41) is 2.98. The van der Waals surface area contributed by atoms with Crippen LogP contribution in [0.4, 0.5) is 0 Å². The number of hydrogen-bond acceptors (Lipinski definition) is 4. The summed E-state index contributed by atoms with van der Waals surface area (Å²) in [4.78, 5) is 16.5. The van der Waals surface area contributed by atoms with E-state index in [-0.39, 0.29) is 11.8 Å². The van der Waals surface area contributed by atoms with Crippen LogP contribution in [-0.4, -0.2) is 35.7 Å². The van der Waals surface area contributed by atoms with Gasteiger partial charge in [-0.1, -0.05) is 32.4 Å². The van der Waals surface area contributed by atoms with Crippen molar-refractivity contribution in [1.82, 2.24) is 14.9 Å². The van der Waals surface area contributed by atoms with Crippen LogP contribution in [0.2, 0.25) is 0 Å². The highest BCUT2D eigenvalue weighted by molar-refractivity contribution is 5.77. The number of aryl methyl sites for hydroxylation is 1. The van der Waals surface area contributed by atoms with E-state index in [1.54, 1.807) is 7.11 Å². The van der Waals surface area contributed by atoms with E-state index in [1.807, 2.05) is 50.2 Å². The summed E-state index contributed by atoms with van der Waals surface area (Å²) in [5.74, 6) is 2.90. The first-order valence-corrected chi connectivity index (χ1v) is 11.1. The zero-order valence-electron chi connectivity index (χ0n) is 18.8. The normalized spacial score (nSPS) is 11.1. The summed E-state index contributed by atoms with van der Waals surface area (Å²) in [6.07, 6.45) is 4.00. The highest BCUT2D eigenvalue weighted by Crippen LogP contribution is 2.20. The molecule has 0 aliphatic rings. The Hall–Kier alpha value is -3.02. The Kier molecular flexibility index (Phi) is 8.33. The van der Waals surface area contributed by atoms with E-state index in [9.17, 15) is 4.79 Å². The van der Waals surface area contributed by atoms with Crippen LogP contribution >= 0.6 is 0 Å². The van der Waals surface area contributed by atoms with Gasteiger partial charge in [-0.25, -0.2) is 4.98 Å². The van der Waals surface area contributed by atoms with Crippen LogP contribution in [0.15, 0.2) is 48.5 Å². The number of carbonyl (C=O) groups excluding carboxylic acids is 1. The third-order valence-electron chi connectivity index (χ3n) is 5.28. The number of aromatic nitrogens is 2. The number of fused-ring (bicyclic) bond motifs is 1. The molecule has 1 N–H and O–H groups in total. The fourth-order valence-corrected chi connectivity index (χ4v) is 3.49. The zero-order valence-corrected chi connectivity index (χ0v) is 18.8. The molecule has 0 saturated carbocycles. The summed E-state index contributed by atoms with van der Waals surface area (Å²) < 4.78 is 13.4. The van der Waals surface area contributed by atoms with Crippen molar-refractivity contribution in [3.8, 4) is 11.5 Å². The minimum absolute atomic E-state index is 0.0417. The highest BCUT2D eigenvalue weighted by Gasteiger charge is 2.11. The van der Waals surface area contributed by atoms with Crippen molar-refractivity contribution in [2.24, 2.45) is 5.92 Å². The zero-order chi connectivity index (χ0) is 22.1. The third kappa shape index (κ3) is 6.48. The molecule has 6 nitrogen and oxygen atoms in total. The second-order valence-corrected chi connectivity index (χ2v) is 7.95. The van der Waals surface area contributed by atoms with Gasteiger partial charge >= 0.3 is 0 Å². The monoisotopic (exact) mass is 423 g/mol. The van der Waals surface area contributed by atoms with Gasteiger partial charge in [0, 0.05) is 18.9 Å². The number of para-hydroxylation sites is 2. The first kappa shape index (κ1) is 22.7. The van der Waals surface area contributed by atoms with E-state index >= 15 is 0 Å². The smallest absolute Gasteiger partial charge is 0.222 e. The lowest BCUT2D eigenvalue weighted by molar-refractivity contribution is -0.123. The number of imidazole rings is 1. The number of nitrogens with one attached hydrogen (secondary N) is 1. The van der Waals surface area contributed by atoms with E-state index in [0.717, 1.165) is 67.1 Å². The van der Waals surface area contributed by atoms with Crippen LogP contribution in [0.1, 0.15) is 38.9 Å². The van der Waals surface area contributed by atoms with Gasteiger partial charge in [-0.05, 0) is 49.2 Å². The molecule has 0 fully saturated rings. The Labute approximate surface area is 184 Å². The fraction of sp³-hybridized carbons (Fsp3) is 0.440. The summed E-state index contributed by atoms with van der Waals surface area (Å²) in [6, 6.07) is 15.9. The fourth-order valence-electron chi connectivity index (χ4n) is 3.49. The lowest BCUT2D eigenvalue weighted by atomic mass is 10.1. The van der Waals surface area contributed by atoms with Crippen molar-refractivity contribution in [2.45, 2.75) is 46.1 Å². The van der Waals surface area contributed by atoms with Crippen LogP contribution < -0.4 is 14.8 Å². The molecule has 0 atom stereocenters. The Morgan fingerprint density at radius 2 is 1.77 bits per heavy atom. The molecule has 0 saturated heterocycles. The lowest BCUT2D eigenvalue weighted by Crippen LogP contribution is -2.28. The second-order valence-electron chi connectivity index (χ2n) is 7.95. The lowest BCUT2D eigenvalue weighted by Gasteiger charge is -2.11. The maximum absolute atomic E-state index is 11.6. The van der Waals surface area contributed by atoms with E-state index in [1.165, 1.54) is 0 Å². The minimum atomic E-state index is 0.0417. The summed E-state index contributed by atoms with van der Waals surface area (Å²) >= 11 is 0. The van der Waals surface area contributed by atoms with Gasteiger partial charge in [0.25, 0.3) is 0 Å². The molecule has 3 rings (SSSR count). The Bertz CT molecular complexity index is 964. The van der Waals surface area contributed by atoms with E-state index in [4.69, 9.17) is 14.5 Å². The van der Waals surface area contributed by atoms with Crippen LogP contribution in [0.3, 0.4) is 0 Å². The van der Waals surface area contributed by atoms with Gasteiger partial charge in [-0.15, -0.1) is 0 Å². The SMILES string of the molecule is COc1ccc(OCCn2c(CCCCCNC(=O)C(C)C)nc3ccccc32)cc1. The van der Waals surface area contributed by atoms with Crippen molar-refractivity contribution >= 4 is 16.9 Å². The first-order chi connectivity index (χ1) is 15.1. The molecule has 166 valence electrons. The number of unbranched alkanes of at least 4 members (excludes halogenated alkanes) is 2. The second kappa shape index (κ2) is 11.4. The molecule has 0 radical (unpaired) electrons. The summed E-state index contributed by atoms with van der Waals surface area (Å²) in [5.41, 5.74) is 2.16.